The van der Waals surface area contributed by atoms with Crippen molar-refractivity contribution in [2.24, 2.45) is 0 Å². The Balaban J connectivity index is 1.31. The highest BCUT2D eigenvalue weighted by atomic mass is 16.5. The molecule has 6 aromatic carbocycles. The highest BCUT2D eigenvalue weighted by molar-refractivity contribution is 6.89. The van der Waals surface area contributed by atoms with Crippen LogP contribution in [-0.4, -0.2) is 22.7 Å². The van der Waals surface area contributed by atoms with Gasteiger partial charge in [0.05, 0.1) is 0 Å². The lowest BCUT2D eigenvalue weighted by molar-refractivity contribution is 0.486. The molecule has 2 aromatic heterocycles. The van der Waals surface area contributed by atoms with Gasteiger partial charge in [-0.3, -0.25) is 0 Å². The van der Waals surface area contributed by atoms with Crippen molar-refractivity contribution in [1.29, 1.82) is 0 Å². The van der Waals surface area contributed by atoms with Crippen LogP contribution in [0.1, 0.15) is 0 Å². The van der Waals surface area contributed by atoms with Gasteiger partial charge in [0.15, 0.2) is 0 Å². The molecule has 0 atom stereocenters. The van der Waals surface area contributed by atoms with E-state index in [1.165, 1.54) is 76.7 Å². The monoisotopic (exact) mass is 558 g/mol. The molecule has 44 heavy (non-hydrogen) atoms. The topological polar surface area (TPSA) is 28.3 Å². The number of nitrogens with zero attached hydrogens (tertiary/aromatic N) is 2. The summed E-state index contributed by atoms with van der Waals surface area (Å²) in [6, 6.07) is 39.5. The van der Waals surface area contributed by atoms with Gasteiger partial charge in [0.2, 0.25) is 0 Å². The van der Waals surface area contributed by atoms with Gasteiger partial charge < -0.3 is 18.4 Å². The van der Waals surface area contributed by atoms with Crippen molar-refractivity contribution in [1.82, 2.24) is 8.96 Å². The Kier molecular flexibility index (Phi) is 3.65. The van der Waals surface area contributed by atoms with Gasteiger partial charge in [0.1, 0.15) is 23.0 Å². The molecule has 0 radical (unpaired) electrons. The second kappa shape index (κ2) is 7.29. The van der Waals surface area contributed by atoms with E-state index in [1.54, 1.807) is 0 Å². The summed E-state index contributed by atoms with van der Waals surface area (Å²) in [6.07, 6.45) is 4.49. The highest BCUT2D eigenvalue weighted by Crippen LogP contribution is 2.48. The Morgan fingerprint density at radius 1 is 0.455 bits per heavy atom. The van der Waals surface area contributed by atoms with Crippen LogP contribution in [0.3, 0.4) is 0 Å². The Morgan fingerprint density at radius 2 is 0.932 bits per heavy atom. The van der Waals surface area contributed by atoms with E-state index in [2.05, 4.69) is 131 Å². The number of hydrogen-bond donors (Lipinski definition) is 0. The molecule has 0 aliphatic carbocycles. The lowest BCUT2D eigenvalue weighted by atomic mass is 9.44. The average molecular weight is 558 g/mol. The van der Waals surface area contributed by atoms with E-state index in [0.29, 0.717) is 0 Å². The van der Waals surface area contributed by atoms with Crippen molar-refractivity contribution in [2.75, 3.05) is 0 Å². The zero-order valence-electron chi connectivity index (χ0n) is 23.4. The number of ether oxygens (including phenoxy) is 2. The van der Waals surface area contributed by atoms with Crippen molar-refractivity contribution < 1.29 is 9.47 Å². The molecule has 200 valence electrons. The number of fused-ring (bicyclic) bond motifs is 11. The fraction of sp³-hybridized carbons (Fsp3) is 0. The molecular formula is C38H20B2N2O2. The van der Waals surface area contributed by atoms with Gasteiger partial charge >= 0.3 is 13.7 Å². The van der Waals surface area contributed by atoms with Gasteiger partial charge in [-0.25, -0.2) is 0 Å². The molecule has 0 N–H and O–H groups in total. The minimum atomic E-state index is 0.0317. The Bertz CT molecular complexity index is 2470. The third-order valence-electron chi connectivity index (χ3n) is 10.4. The van der Waals surface area contributed by atoms with Gasteiger partial charge in [0.25, 0.3) is 0 Å². The Labute approximate surface area is 252 Å². The van der Waals surface area contributed by atoms with E-state index in [9.17, 15) is 0 Å². The molecule has 0 unspecified atom stereocenters. The van der Waals surface area contributed by atoms with Crippen molar-refractivity contribution >= 4 is 68.1 Å². The largest absolute Gasteiger partial charge is 0.458 e. The number of benzene rings is 6. The van der Waals surface area contributed by atoms with Crippen LogP contribution in [0.25, 0.3) is 54.8 Å². The van der Waals surface area contributed by atoms with Crippen LogP contribution < -0.4 is 31.3 Å². The predicted octanol–water partition coefficient (Wildman–Crippen LogP) is 6.23. The summed E-state index contributed by atoms with van der Waals surface area (Å²) in [5.41, 5.74) is 12.4. The van der Waals surface area contributed by atoms with E-state index in [1.807, 2.05) is 0 Å². The van der Waals surface area contributed by atoms with Crippen LogP contribution in [0, 0.1) is 0 Å². The van der Waals surface area contributed by atoms with Crippen molar-refractivity contribution in [3.63, 3.8) is 0 Å². The summed E-state index contributed by atoms with van der Waals surface area (Å²) in [6.45, 7) is 0.0633. The summed E-state index contributed by atoms with van der Waals surface area (Å²) in [5.74, 6) is 3.72. The molecule has 6 heterocycles. The predicted molar refractivity (Wildman–Crippen MR) is 180 cm³/mol. The van der Waals surface area contributed by atoms with Crippen molar-refractivity contribution in [2.45, 2.75) is 0 Å². The van der Waals surface area contributed by atoms with Gasteiger partial charge in [-0.15, -0.1) is 0 Å². The SMILES string of the molecule is c1ccc2c(c1)Oc1cc3c4c5c(cc3c3c1B2n1ccc2cccc-3c21)Oc1ccccc1B5n1ccc2cccc-4c21. The number of aromatic nitrogens is 2. The van der Waals surface area contributed by atoms with Crippen LogP contribution in [0.5, 0.6) is 23.0 Å². The molecule has 4 nitrogen and oxygen atoms in total. The third-order valence-corrected chi connectivity index (χ3v) is 10.4. The van der Waals surface area contributed by atoms with Crippen LogP contribution in [0.2, 0.25) is 0 Å². The van der Waals surface area contributed by atoms with Crippen LogP contribution in [-0.2, 0) is 0 Å². The molecule has 0 amide bonds. The zero-order chi connectivity index (χ0) is 28.3. The van der Waals surface area contributed by atoms with Gasteiger partial charge in [-0.1, -0.05) is 72.8 Å². The molecule has 12 rings (SSSR count). The van der Waals surface area contributed by atoms with E-state index >= 15 is 0 Å². The van der Waals surface area contributed by atoms with E-state index < -0.39 is 0 Å². The smallest absolute Gasteiger partial charge is 0.335 e. The third kappa shape index (κ3) is 2.38. The fourth-order valence-corrected chi connectivity index (χ4v) is 8.81. The number of hydrogen-bond acceptors (Lipinski definition) is 2. The van der Waals surface area contributed by atoms with E-state index in [0.717, 1.165) is 23.0 Å². The Hall–Kier alpha value is -5.61. The quantitative estimate of drug-likeness (QED) is 0.207. The summed E-state index contributed by atoms with van der Waals surface area (Å²) in [7, 11) is 0. The molecule has 0 saturated heterocycles. The maximum Gasteiger partial charge on any atom is 0.335 e. The first-order valence-electron chi connectivity index (χ1n) is 15.2. The maximum absolute atomic E-state index is 6.84. The van der Waals surface area contributed by atoms with E-state index in [-0.39, 0.29) is 13.7 Å². The zero-order valence-corrected chi connectivity index (χ0v) is 23.4. The van der Waals surface area contributed by atoms with Crippen molar-refractivity contribution in [3.8, 4) is 45.3 Å². The average Bonchev–Trinajstić information content (AvgIpc) is 3.70. The van der Waals surface area contributed by atoms with Gasteiger partial charge in [-0.05, 0) is 92.4 Å². The first-order valence-corrected chi connectivity index (χ1v) is 15.2. The summed E-state index contributed by atoms with van der Waals surface area (Å²) in [4.78, 5) is 0. The minimum Gasteiger partial charge on any atom is -0.458 e. The molecule has 0 fully saturated rings. The summed E-state index contributed by atoms with van der Waals surface area (Å²) < 4.78 is 18.6. The highest BCUT2D eigenvalue weighted by Gasteiger charge is 2.44. The second-order valence-electron chi connectivity index (χ2n) is 12.4. The first-order chi connectivity index (χ1) is 21.8. The molecule has 4 aliphatic rings. The summed E-state index contributed by atoms with van der Waals surface area (Å²) >= 11 is 0. The van der Waals surface area contributed by atoms with Crippen LogP contribution in [0.4, 0.5) is 0 Å². The maximum atomic E-state index is 6.84. The number of para-hydroxylation sites is 4. The lowest BCUT2D eigenvalue weighted by Crippen LogP contribution is -2.54. The van der Waals surface area contributed by atoms with Crippen LogP contribution >= 0.6 is 0 Å². The Morgan fingerprint density at radius 3 is 1.43 bits per heavy atom. The molecule has 8 aromatic rings. The van der Waals surface area contributed by atoms with Gasteiger partial charge in [-0.2, -0.15) is 0 Å². The van der Waals surface area contributed by atoms with Gasteiger partial charge in [0, 0.05) is 33.1 Å². The lowest BCUT2D eigenvalue weighted by Gasteiger charge is -2.37. The second-order valence-corrected chi connectivity index (χ2v) is 12.4. The normalized spacial score (nSPS) is 14.2. The molecule has 0 bridgehead atoms. The molecule has 0 spiro atoms. The first kappa shape index (κ1) is 22.0. The molecule has 0 saturated carbocycles. The van der Waals surface area contributed by atoms with E-state index in [4.69, 9.17) is 9.47 Å². The molecular weight excluding hydrogens is 538 g/mol. The standard InChI is InChI=1S/C38H20B2N2O2/c1-3-13-29-27(11-1)39-35-31(43-29)19-26-25(33(35)23-9-5-7-21-15-17-41(39)37(21)23)20-32-36-34(26)24-10-6-8-22-16-18-42(38(22)24)40(36)28-12-2-4-14-30(28)44-32/h1-20H. The fourth-order valence-electron chi connectivity index (χ4n) is 8.81. The molecule has 4 aliphatic heterocycles. The van der Waals surface area contributed by atoms with Crippen LogP contribution in [0.15, 0.2) is 122 Å². The van der Waals surface area contributed by atoms with Crippen molar-refractivity contribution in [3.05, 3.63) is 122 Å². The molecule has 6 heteroatoms. The number of rotatable bonds is 0. The summed E-state index contributed by atoms with van der Waals surface area (Å²) in [5, 5.41) is 4.92. The minimum absolute atomic E-state index is 0.0317.